The van der Waals surface area contributed by atoms with Crippen LogP contribution in [0.2, 0.25) is 0 Å². The largest absolute Gasteiger partial charge is 0.325 e. The van der Waals surface area contributed by atoms with Gasteiger partial charge in [0.05, 0.1) is 0 Å². The molecule has 0 bridgehead atoms. The van der Waals surface area contributed by atoms with Gasteiger partial charge in [-0.2, -0.15) is 0 Å². The zero-order chi connectivity index (χ0) is 13.0. The third kappa shape index (κ3) is 2.91. The van der Waals surface area contributed by atoms with E-state index in [1.54, 1.807) is 0 Å². The molecular weight excluding hydrogens is 224 g/mol. The number of aryl methyl sites for hydroxylation is 2. The average molecular weight is 246 g/mol. The predicted octanol–water partition coefficient (Wildman–Crippen LogP) is 2.50. The predicted molar refractivity (Wildman–Crippen MR) is 74.8 cm³/mol. The minimum atomic E-state index is 0.163. The molecule has 0 atom stereocenters. The number of rotatable bonds is 3. The number of hydrogen-bond donors (Lipinski definition) is 2. The van der Waals surface area contributed by atoms with Crippen molar-refractivity contribution in [2.45, 2.75) is 33.1 Å². The summed E-state index contributed by atoms with van der Waals surface area (Å²) in [6.07, 6.45) is 2.84. The second-order valence-corrected chi connectivity index (χ2v) is 4.98. The van der Waals surface area contributed by atoms with Gasteiger partial charge in [0.2, 0.25) is 5.91 Å². The van der Waals surface area contributed by atoms with E-state index < -0.39 is 0 Å². The maximum absolute atomic E-state index is 12.2. The molecule has 1 aromatic carbocycles. The summed E-state index contributed by atoms with van der Waals surface area (Å²) in [5, 5.41) is 6.42. The van der Waals surface area contributed by atoms with Crippen molar-refractivity contribution in [3.63, 3.8) is 0 Å². The Kier molecular flexibility index (Phi) is 4.37. The highest BCUT2D eigenvalue weighted by Crippen LogP contribution is 2.23. The van der Waals surface area contributed by atoms with E-state index in [1.807, 2.05) is 6.07 Å². The lowest BCUT2D eigenvalue weighted by atomic mass is 9.96. The molecule has 0 unspecified atom stereocenters. The monoisotopic (exact) mass is 246 g/mol. The van der Waals surface area contributed by atoms with Crippen molar-refractivity contribution >= 4 is 11.6 Å². The Bertz CT molecular complexity index is 423. The Balaban J connectivity index is 2.10. The van der Waals surface area contributed by atoms with Gasteiger partial charge in [0.25, 0.3) is 0 Å². The molecule has 0 radical (unpaired) electrons. The Morgan fingerprint density at radius 2 is 2.11 bits per heavy atom. The van der Waals surface area contributed by atoms with Crippen molar-refractivity contribution in [1.82, 2.24) is 5.32 Å². The van der Waals surface area contributed by atoms with E-state index in [4.69, 9.17) is 0 Å². The number of hydrogen-bond acceptors (Lipinski definition) is 2. The topological polar surface area (TPSA) is 41.1 Å². The van der Waals surface area contributed by atoms with Gasteiger partial charge < -0.3 is 10.6 Å². The SMILES string of the molecule is CCc1cccc(C)c1NC(=O)C1CCNCC1. The van der Waals surface area contributed by atoms with Crippen LogP contribution in [0.4, 0.5) is 5.69 Å². The van der Waals surface area contributed by atoms with E-state index in [2.05, 4.69) is 36.6 Å². The molecule has 1 aliphatic heterocycles. The van der Waals surface area contributed by atoms with Crippen LogP contribution in [-0.2, 0) is 11.2 Å². The number of amides is 1. The summed E-state index contributed by atoms with van der Waals surface area (Å²) < 4.78 is 0. The molecule has 1 aliphatic rings. The summed E-state index contributed by atoms with van der Waals surface area (Å²) in [5.41, 5.74) is 3.39. The van der Waals surface area contributed by atoms with Crippen LogP contribution in [0.25, 0.3) is 0 Å². The van der Waals surface area contributed by atoms with Crippen molar-refractivity contribution in [2.24, 2.45) is 5.92 Å². The van der Waals surface area contributed by atoms with Crippen LogP contribution in [0.1, 0.15) is 30.9 Å². The van der Waals surface area contributed by atoms with Gasteiger partial charge in [-0.3, -0.25) is 4.79 Å². The molecule has 3 heteroatoms. The maximum atomic E-state index is 12.2. The van der Waals surface area contributed by atoms with Gasteiger partial charge >= 0.3 is 0 Å². The summed E-state index contributed by atoms with van der Waals surface area (Å²) in [4.78, 5) is 12.2. The van der Waals surface area contributed by atoms with E-state index in [0.717, 1.165) is 43.6 Å². The van der Waals surface area contributed by atoms with Gasteiger partial charge in [-0.05, 0) is 50.4 Å². The van der Waals surface area contributed by atoms with Crippen LogP contribution in [-0.4, -0.2) is 19.0 Å². The minimum Gasteiger partial charge on any atom is -0.325 e. The van der Waals surface area contributed by atoms with Crippen molar-refractivity contribution in [2.75, 3.05) is 18.4 Å². The van der Waals surface area contributed by atoms with Crippen LogP contribution in [0.15, 0.2) is 18.2 Å². The molecule has 1 amide bonds. The lowest BCUT2D eigenvalue weighted by Gasteiger charge is -2.23. The molecule has 0 saturated carbocycles. The van der Waals surface area contributed by atoms with E-state index in [1.165, 1.54) is 5.56 Å². The quantitative estimate of drug-likeness (QED) is 0.860. The highest BCUT2D eigenvalue weighted by molar-refractivity contribution is 5.94. The van der Waals surface area contributed by atoms with E-state index >= 15 is 0 Å². The second-order valence-electron chi connectivity index (χ2n) is 4.98. The number of carbonyl (C=O) groups excluding carboxylic acids is 1. The van der Waals surface area contributed by atoms with Crippen LogP contribution in [0, 0.1) is 12.8 Å². The van der Waals surface area contributed by atoms with Gasteiger partial charge in [-0.15, -0.1) is 0 Å². The fraction of sp³-hybridized carbons (Fsp3) is 0.533. The highest BCUT2D eigenvalue weighted by Gasteiger charge is 2.21. The molecule has 0 aliphatic carbocycles. The van der Waals surface area contributed by atoms with Gasteiger partial charge in [0, 0.05) is 11.6 Å². The summed E-state index contributed by atoms with van der Waals surface area (Å²) in [5.74, 6) is 0.344. The lowest BCUT2D eigenvalue weighted by molar-refractivity contribution is -0.120. The summed E-state index contributed by atoms with van der Waals surface area (Å²) in [7, 11) is 0. The molecule has 1 heterocycles. The smallest absolute Gasteiger partial charge is 0.227 e. The Morgan fingerprint density at radius 3 is 2.78 bits per heavy atom. The molecule has 1 saturated heterocycles. The van der Waals surface area contributed by atoms with Crippen molar-refractivity contribution < 1.29 is 4.79 Å². The Labute approximate surface area is 109 Å². The van der Waals surface area contributed by atoms with Gasteiger partial charge in [-0.25, -0.2) is 0 Å². The van der Waals surface area contributed by atoms with Gasteiger partial charge in [0.15, 0.2) is 0 Å². The first-order valence-electron chi connectivity index (χ1n) is 6.82. The van der Waals surface area contributed by atoms with Crippen LogP contribution in [0.3, 0.4) is 0 Å². The first-order chi connectivity index (χ1) is 8.72. The average Bonchev–Trinajstić information content (AvgIpc) is 2.42. The standard InChI is InChI=1S/C15H22N2O/c1-3-12-6-4-5-11(2)14(12)17-15(18)13-7-9-16-10-8-13/h4-6,13,16H,3,7-10H2,1-2H3,(H,17,18). The number of anilines is 1. The van der Waals surface area contributed by atoms with E-state index in [0.29, 0.717) is 0 Å². The molecule has 98 valence electrons. The summed E-state index contributed by atoms with van der Waals surface area (Å²) in [6, 6.07) is 6.19. The van der Waals surface area contributed by atoms with Crippen molar-refractivity contribution in [1.29, 1.82) is 0 Å². The zero-order valence-corrected chi connectivity index (χ0v) is 11.3. The third-order valence-corrected chi connectivity index (χ3v) is 3.70. The number of nitrogens with one attached hydrogen (secondary N) is 2. The number of benzene rings is 1. The molecule has 2 N–H and O–H groups in total. The Hall–Kier alpha value is -1.35. The minimum absolute atomic E-state index is 0.163. The molecule has 2 rings (SSSR count). The first-order valence-corrected chi connectivity index (χ1v) is 6.82. The molecule has 18 heavy (non-hydrogen) atoms. The highest BCUT2D eigenvalue weighted by atomic mass is 16.1. The van der Waals surface area contributed by atoms with Gasteiger partial charge in [-0.1, -0.05) is 25.1 Å². The fourth-order valence-corrected chi connectivity index (χ4v) is 2.51. The summed E-state index contributed by atoms with van der Waals surface area (Å²) in [6.45, 7) is 6.07. The number of para-hydroxylation sites is 1. The van der Waals surface area contributed by atoms with Crippen LogP contribution >= 0.6 is 0 Å². The number of carbonyl (C=O) groups is 1. The molecule has 0 spiro atoms. The molecule has 1 aromatic rings. The Morgan fingerprint density at radius 1 is 1.39 bits per heavy atom. The second kappa shape index (κ2) is 6.01. The summed E-state index contributed by atoms with van der Waals surface area (Å²) >= 11 is 0. The van der Waals surface area contributed by atoms with E-state index in [9.17, 15) is 4.79 Å². The lowest BCUT2D eigenvalue weighted by Crippen LogP contribution is -2.34. The van der Waals surface area contributed by atoms with Crippen molar-refractivity contribution in [3.8, 4) is 0 Å². The molecular formula is C15H22N2O. The molecule has 3 nitrogen and oxygen atoms in total. The first kappa shape index (κ1) is 13.1. The zero-order valence-electron chi connectivity index (χ0n) is 11.3. The fourth-order valence-electron chi connectivity index (χ4n) is 2.51. The van der Waals surface area contributed by atoms with E-state index in [-0.39, 0.29) is 11.8 Å². The molecule has 0 aromatic heterocycles. The van der Waals surface area contributed by atoms with Crippen LogP contribution in [0.5, 0.6) is 0 Å². The third-order valence-electron chi connectivity index (χ3n) is 3.70. The normalized spacial score (nSPS) is 16.6. The molecule has 1 fully saturated rings. The van der Waals surface area contributed by atoms with Crippen molar-refractivity contribution in [3.05, 3.63) is 29.3 Å². The van der Waals surface area contributed by atoms with Crippen LogP contribution < -0.4 is 10.6 Å². The van der Waals surface area contributed by atoms with Gasteiger partial charge in [0.1, 0.15) is 0 Å². The number of piperidine rings is 1. The maximum Gasteiger partial charge on any atom is 0.227 e.